The van der Waals surface area contributed by atoms with Crippen LogP contribution in [-0.2, 0) is 11.3 Å². The van der Waals surface area contributed by atoms with Crippen LogP contribution in [0.25, 0.3) is 10.9 Å². The minimum Gasteiger partial charge on any atom is -0.352 e. The third-order valence-electron chi connectivity index (χ3n) is 4.58. The Hall–Kier alpha value is -3.68. The summed E-state index contributed by atoms with van der Waals surface area (Å²) in [5, 5.41) is 5.95. The Morgan fingerprint density at radius 2 is 1.73 bits per heavy atom. The first-order valence-electron chi connectivity index (χ1n) is 9.75. The average molecular weight is 408 g/mol. The number of H-pyrrole nitrogens is 1. The monoisotopic (exact) mass is 408 g/mol. The van der Waals surface area contributed by atoms with Gasteiger partial charge in [-0.3, -0.25) is 23.9 Å². The molecule has 3 aromatic rings. The third-order valence-corrected chi connectivity index (χ3v) is 4.58. The smallest absolute Gasteiger partial charge is 0.328 e. The second-order valence-corrected chi connectivity index (χ2v) is 7.38. The number of hydrogen-bond donors (Lipinski definition) is 3. The van der Waals surface area contributed by atoms with E-state index in [2.05, 4.69) is 15.6 Å². The number of carbonyl (C=O) groups excluding carboxylic acids is 2. The quantitative estimate of drug-likeness (QED) is 0.556. The Kier molecular flexibility index (Phi) is 6.46. The highest BCUT2D eigenvalue weighted by Gasteiger charge is 2.14. The fraction of sp³-hybridized carbons (Fsp3) is 0.273. The number of fused-ring (bicyclic) bond motifs is 1. The maximum Gasteiger partial charge on any atom is 0.328 e. The number of amides is 2. The predicted molar refractivity (Wildman–Crippen MR) is 116 cm³/mol. The molecule has 1 heterocycles. The molecular weight excluding hydrogens is 384 g/mol. The summed E-state index contributed by atoms with van der Waals surface area (Å²) in [6.45, 7) is 4.61. The summed E-state index contributed by atoms with van der Waals surface area (Å²) < 4.78 is 1.36. The van der Waals surface area contributed by atoms with E-state index in [1.165, 1.54) is 4.57 Å². The van der Waals surface area contributed by atoms with Crippen molar-refractivity contribution < 1.29 is 9.59 Å². The highest BCUT2D eigenvalue weighted by atomic mass is 16.2. The van der Waals surface area contributed by atoms with E-state index in [-0.39, 0.29) is 24.8 Å². The molecule has 0 saturated carbocycles. The molecule has 156 valence electrons. The van der Waals surface area contributed by atoms with E-state index in [0.717, 1.165) is 0 Å². The van der Waals surface area contributed by atoms with Crippen LogP contribution < -0.4 is 21.9 Å². The first kappa shape index (κ1) is 21.0. The van der Waals surface area contributed by atoms with Crippen molar-refractivity contribution in [1.29, 1.82) is 0 Å². The zero-order chi connectivity index (χ0) is 21.7. The summed E-state index contributed by atoms with van der Waals surface area (Å²) >= 11 is 0. The van der Waals surface area contributed by atoms with Gasteiger partial charge in [0.2, 0.25) is 5.91 Å². The van der Waals surface area contributed by atoms with E-state index in [0.29, 0.717) is 34.6 Å². The lowest BCUT2D eigenvalue weighted by Gasteiger charge is -2.13. The molecule has 0 fully saturated rings. The Labute approximate surface area is 172 Å². The second-order valence-electron chi connectivity index (χ2n) is 7.38. The van der Waals surface area contributed by atoms with Crippen molar-refractivity contribution >= 4 is 28.4 Å². The van der Waals surface area contributed by atoms with Gasteiger partial charge in [-0.05, 0) is 30.2 Å². The minimum absolute atomic E-state index is 0.00209. The molecule has 3 N–H and O–H groups in total. The molecule has 0 aliphatic rings. The highest BCUT2D eigenvalue weighted by Crippen LogP contribution is 2.16. The molecule has 0 bridgehead atoms. The third kappa shape index (κ3) is 4.83. The van der Waals surface area contributed by atoms with Crippen LogP contribution in [-0.4, -0.2) is 27.9 Å². The van der Waals surface area contributed by atoms with Crippen molar-refractivity contribution in [2.75, 3.05) is 11.9 Å². The maximum absolute atomic E-state index is 12.5. The van der Waals surface area contributed by atoms with Crippen molar-refractivity contribution in [3.05, 3.63) is 74.9 Å². The van der Waals surface area contributed by atoms with Gasteiger partial charge in [0, 0.05) is 19.5 Å². The Bertz CT molecular complexity index is 1190. The van der Waals surface area contributed by atoms with E-state index in [1.54, 1.807) is 48.5 Å². The molecule has 0 unspecified atom stereocenters. The zero-order valence-electron chi connectivity index (χ0n) is 16.9. The van der Waals surface area contributed by atoms with E-state index in [9.17, 15) is 19.2 Å². The number of nitrogens with one attached hydrogen (secondary N) is 3. The molecule has 0 saturated heterocycles. The van der Waals surface area contributed by atoms with E-state index in [4.69, 9.17) is 0 Å². The molecule has 0 radical (unpaired) electrons. The number of hydrogen-bond acceptors (Lipinski definition) is 4. The van der Waals surface area contributed by atoms with Gasteiger partial charge in [-0.1, -0.05) is 38.1 Å². The molecule has 1 aromatic heterocycles. The number of aromatic amines is 1. The van der Waals surface area contributed by atoms with Crippen LogP contribution in [0.4, 0.5) is 5.69 Å². The van der Waals surface area contributed by atoms with Crippen molar-refractivity contribution in [2.45, 2.75) is 26.8 Å². The van der Waals surface area contributed by atoms with Crippen molar-refractivity contribution in [3.8, 4) is 0 Å². The Balaban J connectivity index is 1.74. The number of aryl methyl sites for hydroxylation is 1. The lowest BCUT2D eigenvalue weighted by atomic mass is 10.1. The number of nitrogens with zero attached hydrogens (tertiary/aromatic N) is 1. The molecule has 2 aromatic carbocycles. The summed E-state index contributed by atoms with van der Waals surface area (Å²) in [6, 6.07) is 13.5. The Morgan fingerprint density at radius 3 is 2.50 bits per heavy atom. The highest BCUT2D eigenvalue weighted by molar-refractivity contribution is 6.03. The summed E-state index contributed by atoms with van der Waals surface area (Å²) in [4.78, 5) is 51.4. The largest absolute Gasteiger partial charge is 0.352 e. The normalized spacial score (nSPS) is 10.9. The van der Waals surface area contributed by atoms with Crippen LogP contribution in [0, 0.1) is 5.92 Å². The number of para-hydroxylation sites is 2. The van der Waals surface area contributed by atoms with Gasteiger partial charge in [-0.15, -0.1) is 0 Å². The Morgan fingerprint density at radius 1 is 1.03 bits per heavy atom. The van der Waals surface area contributed by atoms with E-state index in [1.807, 2.05) is 13.8 Å². The predicted octanol–water partition coefficient (Wildman–Crippen LogP) is 2.10. The molecule has 30 heavy (non-hydrogen) atoms. The van der Waals surface area contributed by atoms with Crippen LogP contribution in [0.3, 0.4) is 0 Å². The van der Waals surface area contributed by atoms with Crippen molar-refractivity contribution in [2.24, 2.45) is 5.92 Å². The second kappa shape index (κ2) is 9.21. The van der Waals surface area contributed by atoms with Gasteiger partial charge in [-0.25, -0.2) is 4.79 Å². The fourth-order valence-corrected chi connectivity index (χ4v) is 3.07. The van der Waals surface area contributed by atoms with E-state index < -0.39 is 11.2 Å². The van der Waals surface area contributed by atoms with Gasteiger partial charge < -0.3 is 10.6 Å². The van der Waals surface area contributed by atoms with Gasteiger partial charge in [0.15, 0.2) is 0 Å². The summed E-state index contributed by atoms with van der Waals surface area (Å²) in [5.41, 5.74) is 0.214. The molecule has 2 amide bonds. The molecule has 0 spiro atoms. The molecule has 0 atom stereocenters. The number of benzene rings is 2. The number of anilines is 1. The SMILES string of the molecule is CC(C)CNC(=O)c1ccccc1NC(=O)CCn1c(=O)[nH]c(=O)c2ccccc21. The summed E-state index contributed by atoms with van der Waals surface area (Å²) in [7, 11) is 0. The molecule has 8 heteroatoms. The zero-order valence-corrected chi connectivity index (χ0v) is 16.9. The van der Waals surface area contributed by atoms with Gasteiger partial charge in [0.05, 0.1) is 22.2 Å². The van der Waals surface area contributed by atoms with Crippen LogP contribution in [0.15, 0.2) is 58.1 Å². The lowest BCUT2D eigenvalue weighted by Crippen LogP contribution is -2.31. The molecule has 8 nitrogen and oxygen atoms in total. The standard InChI is InChI=1S/C22H24N4O4/c1-14(2)13-23-20(28)15-7-3-5-9-17(15)24-19(27)11-12-26-18-10-6-4-8-16(18)21(29)25-22(26)30/h3-10,14H,11-13H2,1-2H3,(H,23,28)(H,24,27)(H,25,29,30). The van der Waals surface area contributed by atoms with Crippen LogP contribution in [0.2, 0.25) is 0 Å². The van der Waals surface area contributed by atoms with Gasteiger partial charge >= 0.3 is 5.69 Å². The minimum atomic E-state index is -0.569. The van der Waals surface area contributed by atoms with Crippen LogP contribution in [0.5, 0.6) is 0 Å². The average Bonchev–Trinajstić information content (AvgIpc) is 2.72. The first-order chi connectivity index (χ1) is 14.4. The lowest BCUT2D eigenvalue weighted by molar-refractivity contribution is -0.116. The number of carbonyl (C=O) groups is 2. The van der Waals surface area contributed by atoms with Crippen molar-refractivity contribution in [1.82, 2.24) is 14.9 Å². The maximum atomic E-state index is 12.5. The van der Waals surface area contributed by atoms with Crippen LogP contribution >= 0.6 is 0 Å². The van der Waals surface area contributed by atoms with Gasteiger partial charge in [-0.2, -0.15) is 0 Å². The molecular formula is C22H24N4O4. The molecule has 3 rings (SSSR count). The number of aromatic nitrogens is 2. The van der Waals surface area contributed by atoms with Crippen molar-refractivity contribution in [3.63, 3.8) is 0 Å². The van der Waals surface area contributed by atoms with Gasteiger partial charge in [0.1, 0.15) is 0 Å². The summed E-state index contributed by atoms with van der Waals surface area (Å²) in [5.74, 6) is -0.301. The first-order valence-corrected chi connectivity index (χ1v) is 9.75. The van der Waals surface area contributed by atoms with Gasteiger partial charge in [0.25, 0.3) is 11.5 Å². The molecule has 0 aliphatic heterocycles. The molecule has 0 aliphatic carbocycles. The fourth-order valence-electron chi connectivity index (χ4n) is 3.07. The number of rotatable bonds is 7. The topological polar surface area (TPSA) is 113 Å². The van der Waals surface area contributed by atoms with Crippen LogP contribution in [0.1, 0.15) is 30.6 Å². The summed E-state index contributed by atoms with van der Waals surface area (Å²) in [6.07, 6.45) is -0.00209. The van der Waals surface area contributed by atoms with E-state index >= 15 is 0 Å².